The molecule has 1 N–H and O–H groups in total. The van der Waals surface area contributed by atoms with Crippen molar-refractivity contribution in [3.63, 3.8) is 0 Å². The summed E-state index contributed by atoms with van der Waals surface area (Å²) in [6.45, 7) is 4.36. The van der Waals surface area contributed by atoms with Crippen LogP contribution in [-0.2, 0) is 0 Å². The summed E-state index contributed by atoms with van der Waals surface area (Å²) in [4.78, 5) is 13.1. The Morgan fingerprint density at radius 3 is 2.71 bits per heavy atom. The molecule has 0 radical (unpaired) electrons. The van der Waals surface area contributed by atoms with E-state index in [0.717, 1.165) is 23.3 Å². The standard InChI is InChI=1S/C13H18N4/c1-4-10(9(2)14-3)11-5-6-12-13(17-11)16-8-7-15-12/h5-10,14H,4H2,1-3H3. The van der Waals surface area contributed by atoms with E-state index in [1.165, 1.54) is 0 Å². The molecule has 0 aliphatic carbocycles. The van der Waals surface area contributed by atoms with Gasteiger partial charge < -0.3 is 5.32 Å². The largest absolute Gasteiger partial charge is 0.317 e. The summed E-state index contributed by atoms with van der Waals surface area (Å²) in [6.07, 6.45) is 4.43. The topological polar surface area (TPSA) is 50.7 Å². The molecule has 0 aromatic carbocycles. The lowest BCUT2D eigenvalue weighted by Gasteiger charge is -2.21. The van der Waals surface area contributed by atoms with Crippen LogP contribution in [-0.4, -0.2) is 28.0 Å². The maximum absolute atomic E-state index is 4.60. The average molecular weight is 230 g/mol. The van der Waals surface area contributed by atoms with Crippen molar-refractivity contribution < 1.29 is 0 Å². The fourth-order valence-electron chi connectivity index (χ4n) is 2.10. The minimum Gasteiger partial charge on any atom is -0.317 e. The molecule has 0 aliphatic heterocycles. The molecule has 4 nitrogen and oxygen atoms in total. The molecule has 0 spiro atoms. The van der Waals surface area contributed by atoms with Gasteiger partial charge in [0.1, 0.15) is 5.52 Å². The third kappa shape index (κ3) is 2.42. The van der Waals surface area contributed by atoms with Crippen LogP contribution in [0.15, 0.2) is 24.5 Å². The number of likely N-dealkylation sites (N-methyl/N-ethyl adjacent to an activating group) is 1. The maximum Gasteiger partial charge on any atom is 0.178 e. The lowest BCUT2D eigenvalue weighted by atomic mass is 9.94. The van der Waals surface area contributed by atoms with Crippen LogP contribution in [0.25, 0.3) is 11.2 Å². The Balaban J connectivity index is 2.40. The van der Waals surface area contributed by atoms with Crippen molar-refractivity contribution in [3.8, 4) is 0 Å². The van der Waals surface area contributed by atoms with E-state index in [4.69, 9.17) is 0 Å². The number of hydrogen-bond acceptors (Lipinski definition) is 4. The number of hydrogen-bond donors (Lipinski definition) is 1. The molecule has 2 atom stereocenters. The smallest absolute Gasteiger partial charge is 0.178 e. The van der Waals surface area contributed by atoms with Crippen molar-refractivity contribution in [3.05, 3.63) is 30.2 Å². The third-order valence-electron chi connectivity index (χ3n) is 3.23. The highest BCUT2D eigenvalue weighted by molar-refractivity contribution is 5.68. The molecule has 0 saturated heterocycles. The predicted molar refractivity (Wildman–Crippen MR) is 68.9 cm³/mol. The lowest BCUT2D eigenvalue weighted by molar-refractivity contribution is 0.475. The van der Waals surface area contributed by atoms with Gasteiger partial charge in [-0.05, 0) is 32.5 Å². The molecule has 0 saturated carbocycles. The van der Waals surface area contributed by atoms with Gasteiger partial charge >= 0.3 is 0 Å². The average Bonchev–Trinajstić information content (AvgIpc) is 2.39. The molecule has 90 valence electrons. The first-order valence-electron chi connectivity index (χ1n) is 6.01. The summed E-state index contributed by atoms with van der Waals surface area (Å²) in [7, 11) is 1.98. The first-order valence-corrected chi connectivity index (χ1v) is 6.01. The van der Waals surface area contributed by atoms with Gasteiger partial charge in [0.2, 0.25) is 0 Å². The molecule has 17 heavy (non-hydrogen) atoms. The van der Waals surface area contributed by atoms with E-state index < -0.39 is 0 Å². The fraction of sp³-hybridized carbons (Fsp3) is 0.462. The first-order chi connectivity index (χ1) is 8.26. The van der Waals surface area contributed by atoms with Crippen LogP contribution < -0.4 is 5.32 Å². The molecule has 0 fully saturated rings. The first kappa shape index (κ1) is 11.9. The van der Waals surface area contributed by atoms with Crippen LogP contribution in [0.3, 0.4) is 0 Å². The van der Waals surface area contributed by atoms with Crippen molar-refractivity contribution >= 4 is 11.2 Å². The van der Waals surface area contributed by atoms with Crippen molar-refractivity contribution in [2.75, 3.05) is 7.05 Å². The van der Waals surface area contributed by atoms with Crippen LogP contribution >= 0.6 is 0 Å². The molecular weight excluding hydrogens is 212 g/mol. The highest BCUT2D eigenvalue weighted by atomic mass is 14.9. The Kier molecular flexibility index (Phi) is 3.64. The molecule has 2 aromatic heterocycles. The number of pyridine rings is 1. The van der Waals surface area contributed by atoms with Gasteiger partial charge in [-0.15, -0.1) is 0 Å². The summed E-state index contributed by atoms with van der Waals surface area (Å²) in [5, 5.41) is 3.29. The number of aromatic nitrogens is 3. The van der Waals surface area contributed by atoms with Crippen LogP contribution in [0.1, 0.15) is 31.9 Å². The molecule has 0 bridgehead atoms. The molecule has 2 heterocycles. The molecule has 2 rings (SSSR count). The number of nitrogens with zero attached hydrogens (tertiary/aromatic N) is 3. The zero-order chi connectivity index (χ0) is 12.3. The van der Waals surface area contributed by atoms with Gasteiger partial charge in [0, 0.05) is 30.0 Å². The summed E-state index contributed by atoms with van der Waals surface area (Å²) in [5.41, 5.74) is 2.66. The van der Waals surface area contributed by atoms with Crippen molar-refractivity contribution in [1.29, 1.82) is 0 Å². The summed E-state index contributed by atoms with van der Waals surface area (Å²) < 4.78 is 0. The maximum atomic E-state index is 4.60. The minimum atomic E-state index is 0.404. The van der Waals surface area contributed by atoms with Crippen LogP contribution in [0.4, 0.5) is 0 Å². The Labute approximate surface area is 102 Å². The van der Waals surface area contributed by atoms with Gasteiger partial charge in [-0.1, -0.05) is 6.92 Å². The van der Waals surface area contributed by atoms with Gasteiger partial charge in [-0.25, -0.2) is 9.97 Å². The van der Waals surface area contributed by atoms with Gasteiger partial charge in [0.05, 0.1) is 0 Å². The van der Waals surface area contributed by atoms with E-state index in [9.17, 15) is 0 Å². The molecule has 2 aromatic rings. The van der Waals surface area contributed by atoms with Gasteiger partial charge in [-0.2, -0.15) is 0 Å². The van der Waals surface area contributed by atoms with Gasteiger partial charge in [0.25, 0.3) is 0 Å². The van der Waals surface area contributed by atoms with Crippen LogP contribution in [0.2, 0.25) is 0 Å². The molecule has 2 unspecified atom stereocenters. The van der Waals surface area contributed by atoms with Gasteiger partial charge in [-0.3, -0.25) is 4.98 Å². The second kappa shape index (κ2) is 5.19. The van der Waals surface area contributed by atoms with E-state index >= 15 is 0 Å². The van der Waals surface area contributed by atoms with E-state index in [0.29, 0.717) is 12.0 Å². The number of nitrogens with one attached hydrogen (secondary N) is 1. The number of fused-ring (bicyclic) bond motifs is 1. The monoisotopic (exact) mass is 230 g/mol. The van der Waals surface area contributed by atoms with Crippen LogP contribution in [0, 0.1) is 0 Å². The van der Waals surface area contributed by atoms with Crippen molar-refractivity contribution in [2.45, 2.75) is 32.2 Å². The lowest BCUT2D eigenvalue weighted by Crippen LogP contribution is -2.29. The SMILES string of the molecule is CCC(c1ccc2nccnc2n1)C(C)NC. The fourth-order valence-corrected chi connectivity index (χ4v) is 2.10. The Morgan fingerprint density at radius 2 is 2.00 bits per heavy atom. The molecular formula is C13H18N4. The van der Waals surface area contributed by atoms with E-state index in [2.05, 4.69) is 40.2 Å². The summed E-state index contributed by atoms with van der Waals surface area (Å²) >= 11 is 0. The number of rotatable bonds is 4. The van der Waals surface area contributed by atoms with E-state index in [1.807, 2.05) is 13.1 Å². The second-order valence-electron chi connectivity index (χ2n) is 4.23. The molecule has 0 amide bonds. The Morgan fingerprint density at radius 1 is 1.24 bits per heavy atom. The predicted octanol–water partition coefficient (Wildman–Crippen LogP) is 2.13. The van der Waals surface area contributed by atoms with Crippen molar-refractivity contribution in [1.82, 2.24) is 20.3 Å². The Bertz CT molecular complexity index is 497. The minimum absolute atomic E-state index is 0.404. The van der Waals surface area contributed by atoms with Gasteiger partial charge in [0.15, 0.2) is 5.65 Å². The highest BCUT2D eigenvalue weighted by Gasteiger charge is 2.17. The molecule has 4 heteroatoms. The Hall–Kier alpha value is -1.55. The third-order valence-corrected chi connectivity index (χ3v) is 3.23. The second-order valence-corrected chi connectivity index (χ2v) is 4.23. The van der Waals surface area contributed by atoms with E-state index in [1.54, 1.807) is 12.4 Å². The zero-order valence-electron chi connectivity index (χ0n) is 10.5. The quantitative estimate of drug-likeness (QED) is 0.874. The zero-order valence-corrected chi connectivity index (χ0v) is 10.5. The molecule has 0 aliphatic rings. The summed E-state index contributed by atoms with van der Waals surface area (Å²) in [5.74, 6) is 0.409. The summed E-state index contributed by atoms with van der Waals surface area (Å²) in [6, 6.07) is 4.45. The highest BCUT2D eigenvalue weighted by Crippen LogP contribution is 2.22. The van der Waals surface area contributed by atoms with Crippen molar-refractivity contribution in [2.24, 2.45) is 0 Å². The van der Waals surface area contributed by atoms with Crippen LogP contribution in [0.5, 0.6) is 0 Å². The van der Waals surface area contributed by atoms with E-state index in [-0.39, 0.29) is 0 Å². The normalized spacial score (nSPS) is 14.8.